The summed E-state index contributed by atoms with van der Waals surface area (Å²) in [7, 11) is 0. The maximum absolute atomic E-state index is 6.01. The Bertz CT molecular complexity index is 637. The summed E-state index contributed by atoms with van der Waals surface area (Å²) in [4.78, 5) is 0. The van der Waals surface area contributed by atoms with Crippen LogP contribution in [0.1, 0.15) is 18.4 Å². The maximum Gasteiger partial charge on any atom is 0.126 e. The van der Waals surface area contributed by atoms with Crippen LogP contribution in [0.25, 0.3) is 11.1 Å². The summed E-state index contributed by atoms with van der Waals surface area (Å²) in [6.45, 7) is 0. The van der Waals surface area contributed by atoms with Crippen molar-refractivity contribution in [3.8, 4) is 0 Å². The van der Waals surface area contributed by atoms with E-state index in [9.17, 15) is 0 Å². The van der Waals surface area contributed by atoms with Crippen LogP contribution >= 0.6 is 15.9 Å². The van der Waals surface area contributed by atoms with Gasteiger partial charge < -0.3 is 5.73 Å². The molecular formula is C13H12BrN3. The first-order valence-corrected chi connectivity index (χ1v) is 6.35. The zero-order chi connectivity index (χ0) is 11.8. The second-order valence-corrected chi connectivity index (χ2v) is 4.95. The zero-order valence-corrected chi connectivity index (χ0v) is 10.8. The van der Waals surface area contributed by atoms with Gasteiger partial charge in [-0.25, -0.2) is 4.52 Å². The highest BCUT2D eigenvalue weighted by Crippen LogP contribution is 2.27. The molecule has 0 unspecified atom stereocenters. The summed E-state index contributed by atoms with van der Waals surface area (Å²) in [5, 5.41) is 4.21. The maximum atomic E-state index is 6.01. The minimum absolute atomic E-state index is 0.656. The number of anilines is 1. The van der Waals surface area contributed by atoms with Gasteiger partial charge in [0.1, 0.15) is 5.82 Å². The summed E-state index contributed by atoms with van der Waals surface area (Å²) in [5.74, 6) is 0.656. The first-order chi connectivity index (χ1) is 8.25. The Hall–Kier alpha value is -1.55. The molecule has 1 aliphatic carbocycles. The number of nitrogens with two attached hydrogens (primary N) is 1. The van der Waals surface area contributed by atoms with Crippen molar-refractivity contribution in [3.05, 3.63) is 46.6 Å². The van der Waals surface area contributed by atoms with Gasteiger partial charge in [-0.1, -0.05) is 18.2 Å². The second kappa shape index (κ2) is 4.04. The molecule has 2 heterocycles. The summed E-state index contributed by atoms with van der Waals surface area (Å²) in [6.07, 6.45) is 10.6. The molecule has 4 heteroatoms. The van der Waals surface area contributed by atoms with Gasteiger partial charge >= 0.3 is 0 Å². The molecule has 2 aromatic heterocycles. The van der Waals surface area contributed by atoms with Crippen LogP contribution in [0.15, 0.2) is 41.0 Å². The van der Waals surface area contributed by atoms with E-state index in [1.54, 1.807) is 10.7 Å². The van der Waals surface area contributed by atoms with E-state index < -0.39 is 0 Å². The highest BCUT2D eigenvalue weighted by atomic mass is 79.9. The van der Waals surface area contributed by atoms with Crippen LogP contribution < -0.4 is 5.73 Å². The van der Waals surface area contributed by atoms with E-state index in [4.69, 9.17) is 5.73 Å². The van der Waals surface area contributed by atoms with Gasteiger partial charge in [-0.3, -0.25) is 0 Å². The van der Waals surface area contributed by atoms with Crippen LogP contribution in [0, 0.1) is 0 Å². The monoisotopic (exact) mass is 289 g/mol. The molecule has 0 radical (unpaired) electrons. The van der Waals surface area contributed by atoms with Crippen molar-refractivity contribution < 1.29 is 0 Å². The van der Waals surface area contributed by atoms with Crippen LogP contribution in [-0.4, -0.2) is 9.61 Å². The van der Waals surface area contributed by atoms with Crippen molar-refractivity contribution in [1.82, 2.24) is 9.61 Å². The largest absolute Gasteiger partial charge is 0.384 e. The SMILES string of the molecule is Nc1cc(C2=CCCC=C2)cc2c(Br)cnn12. The molecule has 0 aromatic carbocycles. The topological polar surface area (TPSA) is 43.3 Å². The lowest BCUT2D eigenvalue weighted by Crippen LogP contribution is -1.99. The van der Waals surface area contributed by atoms with Gasteiger partial charge in [-0.2, -0.15) is 5.10 Å². The molecule has 3 nitrogen and oxygen atoms in total. The van der Waals surface area contributed by atoms with Crippen molar-refractivity contribution in [2.75, 3.05) is 5.73 Å². The third-order valence-electron chi connectivity index (χ3n) is 2.93. The second-order valence-electron chi connectivity index (χ2n) is 4.10. The molecule has 0 bridgehead atoms. The molecule has 0 spiro atoms. The molecule has 2 N–H and O–H groups in total. The number of aromatic nitrogens is 2. The van der Waals surface area contributed by atoms with Crippen LogP contribution in [0.3, 0.4) is 0 Å². The van der Waals surface area contributed by atoms with E-state index in [1.807, 2.05) is 6.07 Å². The third-order valence-corrected chi connectivity index (χ3v) is 3.54. The molecule has 0 amide bonds. The highest BCUT2D eigenvalue weighted by molar-refractivity contribution is 9.10. The number of fused-ring (bicyclic) bond motifs is 1. The first kappa shape index (κ1) is 10.6. The molecule has 86 valence electrons. The lowest BCUT2D eigenvalue weighted by atomic mass is 10.00. The zero-order valence-electron chi connectivity index (χ0n) is 9.23. The van der Waals surface area contributed by atoms with Gasteiger partial charge in [-0.15, -0.1) is 0 Å². The molecule has 0 atom stereocenters. The molecule has 17 heavy (non-hydrogen) atoms. The van der Waals surface area contributed by atoms with Gasteiger partial charge in [0.25, 0.3) is 0 Å². The van der Waals surface area contributed by atoms with Crippen LogP contribution in [-0.2, 0) is 0 Å². The smallest absolute Gasteiger partial charge is 0.126 e. The lowest BCUT2D eigenvalue weighted by Gasteiger charge is -2.09. The summed E-state index contributed by atoms with van der Waals surface area (Å²) >= 11 is 3.48. The molecule has 1 aliphatic rings. The van der Waals surface area contributed by atoms with Crippen molar-refractivity contribution in [1.29, 1.82) is 0 Å². The van der Waals surface area contributed by atoms with Gasteiger partial charge in [0.15, 0.2) is 0 Å². The standard InChI is InChI=1S/C13H12BrN3/c14-11-8-16-17-12(11)6-10(7-13(17)15)9-4-2-1-3-5-9/h2,4-8H,1,3,15H2. The van der Waals surface area contributed by atoms with E-state index in [0.29, 0.717) is 5.82 Å². The molecule has 0 saturated carbocycles. The van der Waals surface area contributed by atoms with E-state index >= 15 is 0 Å². The normalized spacial score (nSPS) is 15.2. The van der Waals surface area contributed by atoms with Gasteiger partial charge in [-0.05, 0) is 52.0 Å². The van der Waals surface area contributed by atoms with Crippen molar-refractivity contribution in [3.63, 3.8) is 0 Å². The molecular weight excluding hydrogens is 278 g/mol. The van der Waals surface area contributed by atoms with Crippen molar-refractivity contribution in [2.24, 2.45) is 0 Å². The fraction of sp³-hybridized carbons (Fsp3) is 0.154. The van der Waals surface area contributed by atoms with Crippen molar-refractivity contribution >= 4 is 32.8 Å². The average molecular weight is 290 g/mol. The van der Waals surface area contributed by atoms with Crippen LogP contribution in [0.2, 0.25) is 0 Å². The van der Waals surface area contributed by atoms with Crippen LogP contribution in [0.4, 0.5) is 5.82 Å². The Balaban J connectivity index is 2.20. The van der Waals surface area contributed by atoms with Crippen LogP contribution in [0.5, 0.6) is 0 Å². The van der Waals surface area contributed by atoms with Gasteiger partial charge in [0, 0.05) is 0 Å². The number of halogens is 1. The lowest BCUT2D eigenvalue weighted by molar-refractivity contribution is 0.972. The molecule has 0 aliphatic heterocycles. The Morgan fingerprint density at radius 2 is 2.18 bits per heavy atom. The minimum Gasteiger partial charge on any atom is -0.384 e. The number of nitrogens with zero attached hydrogens (tertiary/aromatic N) is 2. The third kappa shape index (κ3) is 1.78. The summed E-state index contributed by atoms with van der Waals surface area (Å²) in [5.41, 5.74) is 9.39. The predicted molar refractivity (Wildman–Crippen MR) is 73.7 cm³/mol. The van der Waals surface area contributed by atoms with Gasteiger partial charge in [0.05, 0.1) is 16.2 Å². The number of hydrogen-bond acceptors (Lipinski definition) is 2. The quantitative estimate of drug-likeness (QED) is 0.874. The number of nitrogen functional groups attached to an aromatic ring is 1. The minimum atomic E-state index is 0.656. The van der Waals surface area contributed by atoms with E-state index in [2.05, 4.69) is 45.3 Å². The fourth-order valence-corrected chi connectivity index (χ4v) is 2.45. The number of hydrogen-bond donors (Lipinski definition) is 1. The Labute approximate surface area is 108 Å². The van der Waals surface area contributed by atoms with E-state index in [-0.39, 0.29) is 0 Å². The number of rotatable bonds is 1. The highest BCUT2D eigenvalue weighted by Gasteiger charge is 2.08. The Morgan fingerprint density at radius 1 is 1.29 bits per heavy atom. The van der Waals surface area contributed by atoms with E-state index in [1.165, 1.54) is 5.57 Å². The molecule has 2 aromatic rings. The first-order valence-electron chi connectivity index (χ1n) is 5.55. The van der Waals surface area contributed by atoms with E-state index in [0.717, 1.165) is 28.4 Å². The van der Waals surface area contributed by atoms with Gasteiger partial charge in [0.2, 0.25) is 0 Å². The number of allylic oxidation sites excluding steroid dienone is 4. The summed E-state index contributed by atoms with van der Waals surface area (Å²) in [6, 6.07) is 4.07. The fourth-order valence-electron chi connectivity index (χ4n) is 2.08. The predicted octanol–water partition coefficient (Wildman–Crippen LogP) is 3.41. The molecule has 0 saturated heterocycles. The summed E-state index contributed by atoms with van der Waals surface area (Å²) < 4.78 is 2.70. The molecule has 0 fully saturated rings. The Morgan fingerprint density at radius 3 is 2.94 bits per heavy atom. The number of pyridine rings is 1. The molecule has 3 rings (SSSR count). The Kier molecular flexibility index (Phi) is 2.52. The average Bonchev–Trinajstić information content (AvgIpc) is 2.73. The van der Waals surface area contributed by atoms with Crippen molar-refractivity contribution in [2.45, 2.75) is 12.8 Å².